The first kappa shape index (κ1) is 19.4. The topological polar surface area (TPSA) is 68.2 Å². The summed E-state index contributed by atoms with van der Waals surface area (Å²) < 4.78 is 0.836. The van der Waals surface area contributed by atoms with Gasteiger partial charge in [-0.2, -0.15) is 5.10 Å². The number of nitrogens with one attached hydrogen (secondary N) is 1. The summed E-state index contributed by atoms with van der Waals surface area (Å²) in [6.45, 7) is 4.53. The van der Waals surface area contributed by atoms with Gasteiger partial charge in [0.2, 0.25) is 5.91 Å². The average molecular weight is 431 g/mol. The number of amides is 1. The number of benzene rings is 2. The molecule has 2 aromatic rings. The highest BCUT2D eigenvalue weighted by Crippen LogP contribution is 2.20. The van der Waals surface area contributed by atoms with E-state index in [9.17, 15) is 9.90 Å². The predicted molar refractivity (Wildman–Crippen MR) is 111 cm³/mol. The Bertz CT molecular complexity index is 790. The van der Waals surface area contributed by atoms with Crippen LogP contribution in [0, 0.1) is 0 Å². The van der Waals surface area contributed by atoms with Crippen LogP contribution in [-0.4, -0.2) is 54.9 Å². The number of hydrogen-bond donors (Lipinski definition) is 2. The minimum absolute atomic E-state index is 0.118. The number of phenolic OH excluding ortho intramolecular Hbond substituents is 1. The second-order valence-electron chi connectivity index (χ2n) is 6.41. The third kappa shape index (κ3) is 5.80. The second-order valence-corrected chi connectivity index (χ2v) is 7.33. The Labute approximate surface area is 167 Å². The molecule has 0 bridgehead atoms. The fraction of sp³-hybridized carbons (Fsp3) is 0.300. The molecule has 1 fully saturated rings. The SMILES string of the molecule is O=C(CCN1CCN(c2ccccc2)CC1)NN=Cc1cc(Br)ccc1O. The van der Waals surface area contributed by atoms with E-state index < -0.39 is 0 Å². The van der Waals surface area contributed by atoms with E-state index in [0.717, 1.165) is 30.7 Å². The highest BCUT2D eigenvalue weighted by Gasteiger charge is 2.17. The zero-order valence-electron chi connectivity index (χ0n) is 15.0. The number of nitrogens with zero attached hydrogens (tertiary/aromatic N) is 3. The zero-order chi connectivity index (χ0) is 19.1. The molecule has 7 heteroatoms. The maximum Gasteiger partial charge on any atom is 0.241 e. The molecular weight excluding hydrogens is 408 g/mol. The van der Waals surface area contributed by atoms with Gasteiger partial charge in [0.05, 0.1) is 6.21 Å². The molecule has 1 saturated heterocycles. The number of carbonyl (C=O) groups is 1. The van der Waals surface area contributed by atoms with Crippen LogP contribution < -0.4 is 10.3 Å². The molecule has 142 valence electrons. The number of hydrazone groups is 1. The molecule has 0 unspecified atom stereocenters. The van der Waals surface area contributed by atoms with Gasteiger partial charge in [-0.25, -0.2) is 5.43 Å². The summed E-state index contributed by atoms with van der Waals surface area (Å²) in [5, 5.41) is 13.7. The van der Waals surface area contributed by atoms with Crippen molar-refractivity contribution in [3.63, 3.8) is 0 Å². The number of halogens is 1. The highest BCUT2D eigenvalue weighted by molar-refractivity contribution is 9.10. The summed E-state index contributed by atoms with van der Waals surface area (Å²) >= 11 is 3.34. The number of aromatic hydroxyl groups is 1. The standard InChI is InChI=1S/C20H23BrN4O2/c21-17-6-7-19(26)16(14-17)15-22-23-20(27)8-9-24-10-12-25(13-11-24)18-4-2-1-3-5-18/h1-7,14-15,26H,8-13H2,(H,23,27). The second kappa shape index (κ2) is 9.53. The molecule has 1 aliphatic rings. The monoisotopic (exact) mass is 430 g/mol. The van der Waals surface area contributed by atoms with Crippen LogP contribution in [0.3, 0.4) is 0 Å². The number of para-hydroxylation sites is 1. The van der Waals surface area contributed by atoms with Gasteiger partial charge in [-0.3, -0.25) is 9.69 Å². The first-order valence-corrected chi connectivity index (χ1v) is 9.74. The van der Waals surface area contributed by atoms with Crippen LogP contribution in [0.1, 0.15) is 12.0 Å². The number of carbonyl (C=O) groups excluding carboxylic acids is 1. The van der Waals surface area contributed by atoms with Crippen LogP contribution in [0.2, 0.25) is 0 Å². The van der Waals surface area contributed by atoms with Crippen LogP contribution in [-0.2, 0) is 4.79 Å². The molecule has 1 amide bonds. The lowest BCUT2D eigenvalue weighted by Gasteiger charge is -2.36. The summed E-state index contributed by atoms with van der Waals surface area (Å²) in [7, 11) is 0. The largest absolute Gasteiger partial charge is 0.507 e. The summed E-state index contributed by atoms with van der Waals surface area (Å²) in [6, 6.07) is 15.4. The molecule has 0 radical (unpaired) electrons. The van der Waals surface area contributed by atoms with E-state index in [4.69, 9.17) is 0 Å². The van der Waals surface area contributed by atoms with Gasteiger partial charge in [0, 0.05) is 54.9 Å². The van der Waals surface area contributed by atoms with Crippen LogP contribution in [0.4, 0.5) is 5.69 Å². The van der Waals surface area contributed by atoms with E-state index >= 15 is 0 Å². The van der Waals surface area contributed by atoms with Crippen LogP contribution in [0.15, 0.2) is 58.1 Å². The Hall–Kier alpha value is -2.38. The quantitative estimate of drug-likeness (QED) is 0.546. The predicted octanol–water partition coefficient (Wildman–Crippen LogP) is 2.82. The molecule has 0 saturated carbocycles. The summed E-state index contributed by atoms with van der Waals surface area (Å²) in [5.74, 6) is -0.0151. The van der Waals surface area contributed by atoms with Crippen molar-refractivity contribution in [1.29, 1.82) is 0 Å². The molecule has 6 nitrogen and oxygen atoms in total. The smallest absolute Gasteiger partial charge is 0.241 e. The van der Waals surface area contributed by atoms with Crippen molar-refractivity contribution in [2.45, 2.75) is 6.42 Å². The number of anilines is 1. The maximum atomic E-state index is 12.0. The first-order chi connectivity index (χ1) is 13.1. The van der Waals surface area contributed by atoms with E-state index in [1.807, 2.05) is 6.07 Å². The molecule has 1 heterocycles. The molecule has 0 atom stereocenters. The molecule has 0 spiro atoms. The van der Waals surface area contributed by atoms with Crippen LogP contribution >= 0.6 is 15.9 Å². The first-order valence-electron chi connectivity index (χ1n) is 8.94. The molecule has 0 aliphatic carbocycles. The number of piperazine rings is 1. The van der Waals surface area contributed by atoms with Crippen molar-refractivity contribution in [2.75, 3.05) is 37.6 Å². The number of rotatable bonds is 6. The molecule has 27 heavy (non-hydrogen) atoms. The minimum Gasteiger partial charge on any atom is -0.507 e. The average Bonchev–Trinajstić information content (AvgIpc) is 2.70. The Morgan fingerprint density at radius 3 is 2.63 bits per heavy atom. The Kier molecular flexibility index (Phi) is 6.84. The minimum atomic E-state index is -0.133. The van der Waals surface area contributed by atoms with Gasteiger partial charge in [0.25, 0.3) is 0 Å². The summed E-state index contributed by atoms with van der Waals surface area (Å²) in [6.07, 6.45) is 1.84. The lowest BCUT2D eigenvalue weighted by molar-refractivity contribution is -0.121. The lowest BCUT2D eigenvalue weighted by Crippen LogP contribution is -2.47. The zero-order valence-corrected chi connectivity index (χ0v) is 16.6. The Morgan fingerprint density at radius 1 is 1.15 bits per heavy atom. The summed E-state index contributed by atoms with van der Waals surface area (Å²) in [4.78, 5) is 16.6. The normalized spacial score (nSPS) is 15.2. The van der Waals surface area contributed by atoms with E-state index in [0.29, 0.717) is 18.5 Å². The number of hydrogen-bond acceptors (Lipinski definition) is 5. The van der Waals surface area contributed by atoms with Gasteiger partial charge in [0.15, 0.2) is 0 Å². The highest BCUT2D eigenvalue weighted by atomic mass is 79.9. The third-order valence-corrected chi connectivity index (χ3v) is 5.02. The van der Waals surface area contributed by atoms with Gasteiger partial charge >= 0.3 is 0 Å². The third-order valence-electron chi connectivity index (χ3n) is 4.53. The molecule has 0 aromatic heterocycles. The van der Waals surface area contributed by atoms with Crippen LogP contribution in [0.5, 0.6) is 5.75 Å². The van der Waals surface area contributed by atoms with Gasteiger partial charge in [-0.05, 0) is 30.3 Å². The van der Waals surface area contributed by atoms with E-state index in [2.05, 4.69) is 60.5 Å². The van der Waals surface area contributed by atoms with Crippen LogP contribution in [0.25, 0.3) is 0 Å². The van der Waals surface area contributed by atoms with Crippen molar-refractivity contribution in [3.8, 4) is 5.75 Å². The maximum absolute atomic E-state index is 12.0. The van der Waals surface area contributed by atoms with E-state index in [1.54, 1.807) is 18.2 Å². The molecule has 3 rings (SSSR count). The Balaban J connectivity index is 1.38. The van der Waals surface area contributed by atoms with E-state index in [-0.39, 0.29) is 11.7 Å². The molecular formula is C20H23BrN4O2. The van der Waals surface area contributed by atoms with Crippen molar-refractivity contribution < 1.29 is 9.90 Å². The van der Waals surface area contributed by atoms with Gasteiger partial charge in [0.1, 0.15) is 5.75 Å². The van der Waals surface area contributed by atoms with Gasteiger partial charge in [-0.15, -0.1) is 0 Å². The molecule has 2 N–H and O–H groups in total. The fourth-order valence-corrected chi connectivity index (χ4v) is 3.37. The van der Waals surface area contributed by atoms with Gasteiger partial charge < -0.3 is 10.0 Å². The van der Waals surface area contributed by atoms with E-state index in [1.165, 1.54) is 11.9 Å². The lowest BCUT2D eigenvalue weighted by atomic mass is 10.2. The van der Waals surface area contributed by atoms with Crippen molar-refractivity contribution >= 4 is 33.7 Å². The molecule has 2 aromatic carbocycles. The van der Waals surface area contributed by atoms with Crippen molar-refractivity contribution in [2.24, 2.45) is 5.10 Å². The van der Waals surface area contributed by atoms with Gasteiger partial charge in [-0.1, -0.05) is 34.1 Å². The fourth-order valence-electron chi connectivity index (χ4n) is 2.99. The van der Waals surface area contributed by atoms with Crippen molar-refractivity contribution in [1.82, 2.24) is 10.3 Å². The summed E-state index contributed by atoms with van der Waals surface area (Å²) in [5.41, 5.74) is 4.31. The number of phenols is 1. The van der Waals surface area contributed by atoms with Crippen molar-refractivity contribution in [3.05, 3.63) is 58.6 Å². The molecule has 1 aliphatic heterocycles. The Morgan fingerprint density at radius 2 is 1.89 bits per heavy atom.